The molecule has 106 valence electrons. The summed E-state index contributed by atoms with van der Waals surface area (Å²) in [5.74, 6) is 1.66. The number of anilines is 2. The predicted octanol–water partition coefficient (Wildman–Crippen LogP) is 2.89. The van der Waals surface area contributed by atoms with Crippen LogP contribution < -0.4 is 10.7 Å². The summed E-state index contributed by atoms with van der Waals surface area (Å²) >= 11 is 0. The standard InChI is InChI=1S/C14H25N5/c1-4-8-16-13-9-15-10-14(17-13)18-19-11(2)6-5-7-12(19)3/h9-12H,4-8H2,1-3H3,(H2,16,17,18). The van der Waals surface area contributed by atoms with Gasteiger partial charge in [-0.1, -0.05) is 13.3 Å². The van der Waals surface area contributed by atoms with Gasteiger partial charge in [-0.15, -0.1) is 0 Å². The number of piperidine rings is 1. The van der Waals surface area contributed by atoms with Crippen LogP contribution in [0.1, 0.15) is 46.5 Å². The summed E-state index contributed by atoms with van der Waals surface area (Å²) in [7, 11) is 0. The highest BCUT2D eigenvalue weighted by Gasteiger charge is 2.24. The zero-order valence-electron chi connectivity index (χ0n) is 12.2. The van der Waals surface area contributed by atoms with Gasteiger partial charge in [-0.3, -0.25) is 4.98 Å². The number of hydrazine groups is 1. The van der Waals surface area contributed by atoms with Crippen molar-refractivity contribution < 1.29 is 0 Å². The highest BCUT2D eigenvalue weighted by Crippen LogP contribution is 2.22. The van der Waals surface area contributed by atoms with Crippen molar-refractivity contribution in [2.24, 2.45) is 0 Å². The van der Waals surface area contributed by atoms with Crippen molar-refractivity contribution in [2.75, 3.05) is 17.3 Å². The van der Waals surface area contributed by atoms with E-state index >= 15 is 0 Å². The molecule has 2 N–H and O–H groups in total. The molecule has 1 aliphatic rings. The average molecular weight is 263 g/mol. The maximum Gasteiger partial charge on any atom is 0.161 e. The number of hydrogen-bond acceptors (Lipinski definition) is 5. The molecular formula is C14H25N5. The number of rotatable bonds is 5. The first-order chi connectivity index (χ1) is 9.20. The third-order valence-corrected chi connectivity index (χ3v) is 3.63. The smallest absolute Gasteiger partial charge is 0.161 e. The van der Waals surface area contributed by atoms with Gasteiger partial charge in [0, 0.05) is 18.6 Å². The van der Waals surface area contributed by atoms with Crippen molar-refractivity contribution in [3.05, 3.63) is 12.4 Å². The third kappa shape index (κ3) is 3.80. The number of nitrogens with zero attached hydrogens (tertiary/aromatic N) is 3. The second-order valence-electron chi connectivity index (χ2n) is 5.36. The molecule has 0 saturated carbocycles. The van der Waals surface area contributed by atoms with Crippen LogP contribution in [0.15, 0.2) is 12.4 Å². The Morgan fingerprint density at radius 3 is 2.58 bits per heavy atom. The minimum atomic E-state index is 0.540. The molecule has 0 aromatic carbocycles. The molecule has 1 fully saturated rings. The molecule has 0 spiro atoms. The van der Waals surface area contributed by atoms with E-state index in [9.17, 15) is 0 Å². The topological polar surface area (TPSA) is 53.1 Å². The van der Waals surface area contributed by atoms with E-state index in [2.05, 4.69) is 46.5 Å². The third-order valence-electron chi connectivity index (χ3n) is 3.63. The normalized spacial score (nSPS) is 24.2. The number of nitrogens with one attached hydrogen (secondary N) is 2. The molecule has 2 unspecified atom stereocenters. The first-order valence-corrected chi connectivity index (χ1v) is 7.31. The molecule has 1 aliphatic heterocycles. The Labute approximate surface area is 115 Å². The molecule has 0 aliphatic carbocycles. The van der Waals surface area contributed by atoms with Gasteiger partial charge in [0.15, 0.2) is 5.82 Å². The Morgan fingerprint density at radius 2 is 1.89 bits per heavy atom. The fraction of sp³-hybridized carbons (Fsp3) is 0.714. The lowest BCUT2D eigenvalue weighted by Crippen LogP contribution is -2.47. The summed E-state index contributed by atoms with van der Waals surface area (Å²) in [6.07, 6.45) is 8.41. The van der Waals surface area contributed by atoms with Gasteiger partial charge in [0.2, 0.25) is 0 Å². The number of aromatic nitrogens is 2. The molecule has 0 amide bonds. The fourth-order valence-electron chi connectivity index (χ4n) is 2.53. The summed E-state index contributed by atoms with van der Waals surface area (Å²) in [5, 5.41) is 5.56. The van der Waals surface area contributed by atoms with Crippen LogP contribution >= 0.6 is 0 Å². The molecule has 5 heteroatoms. The van der Waals surface area contributed by atoms with E-state index in [0.29, 0.717) is 12.1 Å². The van der Waals surface area contributed by atoms with E-state index in [1.807, 2.05) is 0 Å². The van der Waals surface area contributed by atoms with Crippen molar-refractivity contribution in [3.63, 3.8) is 0 Å². The van der Waals surface area contributed by atoms with Gasteiger partial charge in [0.05, 0.1) is 12.4 Å². The van der Waals surface area contributed by atoms with Gasteiger partial charge >= 0.3 is 0 Å². The first-order valence-electron chi connectivity index (χ1n) is 7.31. The van der Waals surface area contributed by atoms with Gasteiger partial charge in [0.1, 0.15) is 5.82 Å². The Bertz CT molecular complexity index is 385. The Hall–Kier alpha value is -1.36. The molecule has 0 bridgehead atoms. The minimum absolute atomic E-state index is 0.540. The van der Waals surface area contributed by atoms with Gasteiger partial charge in [0.25, 0.3) is 0 Å². The van der Waals surface area contributed by atoms with Gasteiger partial charge < -0.3 is 10.7 Å². The molecule has 1 aromatic rings. The van der Waals surface area contributed by atoms with Crippen molar-refractivity contribution in [1.29, 1.82) is 0 Å². The van der Waals surface area contributed by atoms with E-state index in [-0.39, 0.29) is 0 Å². The van der Waals surface area contributed by atoms with E-state index in [0.717, 1.165) is 24.6 Å². The molecule has 19 heavy (non-hydrogen) atoms. The average Bonchev–Trinajstić information content (AvgIpc) is 2.41. The van der Waals surface area contributed by atoms with E-state index < -0.39 is 0 Å². The summed E-state index contributed by atoms with van der Waals surface area (Å²) in [4.78, 5) is 8.79. The number of hydrogen-bond donors (Lipinski definition) is 2. The highest BCUT2D eigenvalue weighted by molar-refractivity contribution is 5.41. The molecule has 1 aromatic heterocycles. The first kappa shape index (κ1) is 14.1. The quantitative estimate of drug-likeness (QED) is 0.855. The van der Waals surface area contributed by atoms with Crippen LogP contribution in [0.3, 0.4) is 0 Å². The monoisotopic (exact) mass is 263 g/mol. The van der Waals surface area contributed by atoms with Crippen LogP contribution in [-0.2, 0) is 0 Å². The second-order valence-corrected chi connectivity index (χ2v) is 5.36. The van der Waals surface area contributed by atoms with E-state index in [1.54, 1.807) is 12.4 Å². The van der Waals surface area contributed by atoms with Crippen molar-refractivity contribution in [3.8, 4) is 0 Å². The Balaban J connectivity index is 2.01. The van der Waals surface area contributed by atoms with Crippen LogP contribution in [0.25, 0.3) is 0 Å². The molecule has 1 saturated heterocycles. The summed E-state index contributed by atoms with van der Waals surface area (Å²) in [6.45, 7) is 7.58. The predicted molar refractivity (Wildman–Crippen MR) is 79.0 cm³/mol. The van der Waals surface area contributed by atoms with E-state index in [4.69, 9.17) is 0 Å². The van der Waals surface area contributed by atoms with Crippen LogP contribution in [0.2, 0.25) is 0 Å². The van der Waals surface area contributed by atoms with Gasteiger partial charge in [-0.2, -0.15) is 0 Å². The van der Waals surface area contributed by atoms with Gasteiger partial charge in [-0.05, 0) is 33.1 Å². The zero-order valence-corrected chi connectivity index (χ0v) is 12.2. The largest absolute Gasteiger partial charge is 0.369 e. The maximum absolute atomic E-state index is 4.55. The van der Waals surface area contributed by atoms with Crippen LogP contribution in [-0.4, -0.2) is 33.6 Å². The molecule has 0 radical (unpaired) electrons. The van der Waals surface area contributed by atoms with Crippen LogP contribution in [0.4, 0.5) is 11.6 Å². The lowest BCUT2D eigenvalue weighted by Gasteiger charge is -2.39. The summed E-state index contributed by atoms with van der Waals surface area (Å²) in [6, 6.07) is 1.08. The Morgan fingerprint density at radius 1 is 1.21 bits per heavy atom. The second kappa shape index (κ2) is 6.70. The molecule has 2 heterocycles. The molecular weight excluding hydrogens is 238 g/mol. The van der Waals surface area contributed by atoms with Crippen molar-refractivity contribution in [1.82, 2.24) is 15.0 Å². The van der Waals surface area contributed by atoms with Crippen LogP contribution in [0.5, 0.6) is 0 Å². The zero-order chi connectivity index (χ0) is 13.7. The molecule has 5 nitrogen and oxygen atoms in total. The lowest BCUT2D eigenvalue weighted by molar-refractivity contribution is 0.135. The highest BCUT2D eigenvalue weighted by atomic mass is 15.5. The Kier molecular flexibility index (Phi) is 4.96. The van der Waals surface area contributed by atoms with Crippen LogP contribution in [0, 0.1) is 0 Å². The summed E-state index contributed by atoms with van der Waals surface area (Å²) in [5.41, 5.74) is 3.42. The summed E-state index contributed by atoms with van der Waals surface area (Å²) < 4.78 is 0. The molecule has 2 atom stereocenters. The minimum Gasteiger partial charge on any atom is -0.369 e. The van der Waals surface area contributed by atoms with E-state index in [1.165, 1.54) is 19.3 Å². The van der Waals surface area contributed by atoms with Crippen molar-refractivity contribution >= 4 is 11.6 Å². The van der Waals surface area contributed by atoms with Gasteiger partial charge in [-0.25, -0.2) is 9.99 Å². The fourth-order valence-corrected chi connectivity index (χ4v) is 2.53. The maximum atomic E-state index is 4.55. The SMILES string of the molecule is CCCNc1cncc(NN2C(C)CCCC2C)n1. The lowest BCUT2D eigenvalue weighted by atomic mass is 10.00. The molecule has 2 rings (SSSR count). The van der Waals surface area contributed by atoms with Crippen molar-refractivity contribution in [2.45, 2.75) is 58.5 Å².